The van der Waals surface area contributed by atoms with Crippen LogP contribution in [-0.2, 0) is 10.2 Å². The molecular formula is C16H23NO2S2. The lowest BCUT2D eigenvalue weighted by atomic mass is 9.73. The Morgan fingerprint density at radius 2 is 2.10 bits per heavy atom. The highest BCUT2D eigenvalue weighted by molar-refractivity contribution is 7.99. The van der Waals surface area contributed by atoms with Crippen LogP contribution in [0.3, 0.4) is 0 Å². The minimum absolute atomic E-state index is 0.0875. The fourth-order valence-electron chi connectivity index (χ4n) is 3.47. The zero-order valence-corrected chi connectivity index (χ0v) is 13.9. The lowest BCUT2D eigenvalue weighted by molar-refractivity contribution is -0.137. The number of amides is 1. The van der Waals surface area contributed by atoms with Crippen LogP contribution in [0.4, 0.5) is 0 Å². The fourth-order valence-corrected chi connectivity index (χ4v) is 5.69. The number of carbonyl (C=O) groups excluding carboxylic acids is 1. The van der Waals surface area contributed by atoms with E-state index in [1.807, 2.05) is 0 Å². The highest BCUT2D eigenvalue weighted by Gasteiger charge is 2.41. The molecule has 2 aliphatic rings. The molecule has 5 heteroatoms. The summed E-state index contributed by atoms with van der Waals surface area (Å²) in [6.07, 6.45) is 6.61. The van der Waals surface area contributed by atoms with Gasteiger partial charge in [0.05, 0.1) is 0 Å². The van der Waals surface area contributed by atoms with Crippen LogP contribution < -0.4 is 5.32 Å². The molecule has 1 saturated carbocycles. The van der Waals surface area contributed by atoms with Crippen molar-refractivity contribution < 1.29 is 9.90 Å². The van der Waals surface area contributed by atoms with Gasteiger partial charge in [0, 0.05) is 22.6 Å². The highest BCUT2D eigenvalue weighted by Crippen LogP contribution is 2.41. The predicted molar refractivity (Wildman–Crippen MR) is 89.0 cm³/mol. The molecule has 1 aromatic heterocycles. The van der Waals surface area contributed by atoms with E-state index in [0.29, 0.717) is 18.7 Å². The number of nitrogens with one attached hydrogen (secondary N) is 1. The van der Waals surface area contributed by atoms with Gasteiger partial charge in [-0.2, -0.15) is 11.8 Å². The van der Waals surface area contributed by atoms with Crippen LogP contribution in [-0.4, -0.2) is 34.7 Å². The van der Waals surface area contributed by atoms with E-state index >= 15 is 0 Å². The number of aliphatic hydroxyl groups is 1. The van der Waals surface area contributed by atoms with Crippen molar-refractivity contribution in [1.82, 2.24) is 5.32 Å². The summed E-state index contributed by atoms with van der Waals surface area (Å²) in [7, 11) is 0. The van der Waals surface area contributed by atoms with Gasteiger partial charge in [-0.25, -0.2) is 0 Å². The van der Waals surface area contributed by atoms with Crippen molar-refractivity contribution in [1.29, 1.82) is 0 Å². The quantitative estimate of drug-likeness (QED) is 0.895. The normalized spacial score (nSPS) is 28.4. The van der Waals surface area contributed by atoms with Gasteiger partial charge < -0.3 is 10.4 Å². The Balaban J connectivity index is 1.69. The molecule has 3 nitrogen and oxygen atoms in total. The first-order chi connectivity index (χ1) is 10.1. The fraction of sp³-hybridized carbons (Fsp3) is 0.688. The summed E-state index contributed by atoms with van der Waals surface area (Å²) < 4.78 is 0. The monoisotopic (exact) mass is 325 g/mol. The van der Waals surface area contributed by atoms with Gasteiger partial charge >= 0.3 is 0 Å². The Kier molecular flexibility index (Phi) is 4.62. The molecule has 2 fully saturated rings. The molecule has 2 heterocycles. The summed E-state index contributed by atoms with van der Waals surface area (Å²) in [6, 6.07) is 4.29. The van der Waals surface area contributed by atoms with Crippen molar-refractivity contribution in [2.45, 2.75) is 49.5 Å². The van der Waals surface area contributed by atoms with Crippen LogP contribution in [0.2, 0.25) is 0 Å². The Bertz CT molecular complexity index is 474. The third kappa shape index (κ3) is 3.15. The maximum Gasteiger partial charge on any atom is 0.252 e. The smallest absolute Gasteiger partial charge is 0.252 e. The maximum absolute atomic E-state index is 12.4. The van der Waals surface area contributed by atoms with E-state index in [-0.39, 0.29) is 11.3 Å². The molecule has 1 aliphatic heterocycles. The van der Waals surface area contributed by atoms with Crippen LogP contribution in [0.1, 0.15) is 43.4 Å². The second-order valence-corrected chi connectivity index (χ2v) is 8.39. The number of thioether (sulfide) groups is 1. The first-order valence-corrected chi connectivity index (χ1v) is 9.81. The summed E-state index contributed by atoms with van der Waals surface area (Å²) in [5, 5.41) is 15.6. The largest absolute Gasteiger partial charge is 0.379 e. The van der Waals surface area contributed by atoms with E-state index in [2.05, 4.69) is 22.8 Å². The molecule has 21 heavy (non-hydrogen) atoms. The standard InChI is InChI=1S/C16H23NO2S2/c18-14(16(19)8-10-20-12-16)17-11-15(6-2-1-3-7-15)13-5-4-9-21-13/h4-5,9,19H,1-3,6-8,10-12H2,(H,17,18). The summed E-state index contributed by atoms with van der Waals surface area (Å²) >= 11 is 3.45. The lowest BCUT2D eigenvalue weighted by Crippen LogP contribution is -2.51. The number of rotatable bonds is 4. The van der Waals surface area contributed by atoms with Crippen LogP contribution in [0.5, 0.6) is 0 Å². The molecule has 0 radical (unpaired) electrons. The van der Waals surface area contributed by atoms with E-state index in [1.165, 1.54) is 24.1 Å². The topological polar surface area (TPSA) is 49.3 Å². The summed E-state index contributed by atoms with van der Waals surface area (Å²) in [5.41, 5.74) is -1.06. The maximum atomic E-state index is 12.4. The van der Waals surface area contributed by atoms with Crippen LogP contribution in [0, 0.1) is 0 Å². The van der Waals surface area contributed by atoms with Gasteiger partial charge in [0.1, 0.15) is 0 Å². The molecule has 0 bridgehead atoms. The summed E-state index contributed by atoms with van der Waals surface area (Å²) in [4.78, 5) is 13.7. The Morgan fingerprint density at radius 3 is 2.71 bits per heavy atom. The second kappa shape index (κ2) is 6.31. The number of hydrogen-bond donors (Lipinski definition) is 2. The van der Waals surface area contributed by atoms with E-state index in [4.69, 9.17) is 0 Å². The molecule has 3 rings (SSSR count). The molecule has 1 amide bonds. The molecular weight excluding hydrogens is 302 g/mol. The van der Waals surface area contributed by atoms with Crippen LogP contribution >= 0.6 is 23.1 Å². The SMILES string of the molecule is O=C(NCC1(c2cccs2)CCCCC1)C1(O)CCSC1. The van der Waals surface area contributed by atoms with Crippen molar-refractivity contribution in [3.05, 3.63) is 22.4 Å². The van der Waals surface area contributed by atoms with Gasteiger partial charge in [0.2, 0.25) is 0 Å². The molecule has 1 unspecified atom stereocenters. The molecule has 1 aromatic rings. The average Bonchev–Trinajstić information content (AvgIpc) is 3.18. The highest BCUT2D eigenvalue weighted by atomic mass is 32.2. The second-order valence-electron chi connectivity index (χ2n) is 6.34. The minimum atomic E-state index is -1.14. The van der Waals surface area contributed by atoms with Crippen molar-refractivity contribution >= 4 is 29.0 Å². The van der Waals surface area contributed by atoms with Crippen molar-refractivity contribution in [2.75, 3.05) is 18.1 Å². The van der Waals surface area contributed by atoms with E-state index in [0.717, 1.165) is 18.6 Å². The molecule has 1 atom stereocenters. The molecule has 1 saturated heterocycles. The van der Waals surface area contributed by atoms with Crippen LogP contribution in [0.25, 0.3) is 0 Å². The molecule has 1 aliphatic carbocycles. The zero-order valence-electron chi connectivity index (χ0n) is 12.3. The van der Waals surface area contributed by atoms with Gasteiger partial charge in [-0.1, -0.05) is 25.3 Å². The van der Waals surface area contributed by atoms with E-state index in [1.54, 1.807) is 23.1 Å². The third-order valence-corrected chi connectivity index (χ3v) is 7.16. The summed E-state index contributed by atoms with van der Waals surface area (Å²) in [6.45, 7) is 0.666. The van der Waals surface area contributed by atoms with Gasteiger partial charge in [-0.3, -0.25) is 4.79 Å². The minimum Gasteiger partial charge on any atom is -0.379 e. The predicted octanol–water partition coefficient (Wildman–Crippen LogP) is 2.93. The molecule has 116 valence electrons. The van der Waals surface area contributed by atoms with Gasteiger partial charge in [0.15, 0.2) is 5.60 Å². The third-order valence-electron chi connectivity index (χ3n) is 4.87. The first kappa shape index (κ1) is 15.4. The van der Waals surface area contributed by atoms with E-state index < -0.39 is 5.60 Å². The Hall–Kier alpha value is -0.520. The van der Waals surface area contributed by atoms with Crippen molar-refractivity contribution in [3.8, 4) is 0 Å². The lowest BCUT2D eigenvalue weighted by Gasteiger charge is -2.37. The number of carbonyl (C=O) groups is 1. The average molecular weight is 325 g/mol. The van der Waals surface area contributed by atoms with Crippen molar-refractivity contribution in [2.24, 2.45) is 0 Å². The Labute approximate surface area is 134 Å². The molecule has 2 N–H and O–H groups in total. The van der Waals surface area contributed by atoms with E-state index in [9.17, 15) is 9.90 Å². The van der Waals surface area contributed by atoms with Gasteiger partial charge in [-0.05, 0) is 36.5 Å². The zero-order chi connectivity index (χ0) is 14.8. The van der Waals surface area contributed by atoms with Gasteiger partial charge in [0.25, 0.3) is 5.91 Å². The first-order valence-electron chi connectivity index (χ1n) is 7.77. The van der Waals surface area contributed by atoms with Gasteiger partial charge in [-0.15, -0.1) is 11.3 Å². The Morgan fingerprint density at radius 1 is 1.29 bits per heavy atom. The van der Waals surface area contributed by atoms with Crippen LogP contribution in [0.15, 0.2) is 17.5 Å². The number of thiophene rings is 1. The summed E-state index contributed by atoms with van der Waals surface area (Å²) in [5.74, 6) is 1.24. The molecule has 0 spiro atoms. The molecule has 0 aromatic carbocycles. The number of hydrogen-bond acceptors (Lipinski definition) is 4. The van der Waals surface area contributed by atoms with Crippen molar-refractivity contribution in [3.63, 3.8) is 0 Å².